The molecule has 0 fully saturated rings. The van der Waals surface area contributed by atoms with E-state index in [2.05, 4.69) is 10.3 Å². The zero-order chi connectivity index (χ0) is 24.6. The minimum atomic E-state index is -3.96. The van der Waals surface area contributed by atoms with Gasteiger partial charge >= 0.3 is 5.69 Å². The maximum Gasteiger partial charge on any atom is 0.333 e. The number of sulfonamides is 1. The molecule has 3 N–H and O–H groups in total. The molecule has 0 atom stereocenters. The van der Waals surface area contributed by atoms with Gasteiger partial charge in [-0.2, -0.15) is 0 Å². The molecule has 176 valence electrons. The summed E-state index contributed by atoms with van der Waals surface area (Å²) in [6, 6.07) is 11.3. The van der Waals surface area contributed by atoms with Gasteiger partial charge in [-0.1, -0.05) is 12.1 Å². The third kappa shape index (κ3) is 4.50. The van der Waals surface area contributed by atoms with Crippen molar-refractivity contribution in [2.45, 2.75) is 17.6 Å². The number of halogens is 1. The summed E-state index contributed by atoms with van der Waals surface area (Å²) in [5.41, 5.74) is -0.422. The van der Waals surface area contributed by atoms with Gasteiger partial charge in [0.25, 0.3) is 15.6 Å². The molecule has 0 aliphatic rings. The molecule has 12 heteroatoms. The Morgan fingerprint density at radius 3 is 2.44 bits per heavy atom. The summed E-state index contributed by atoms with van der Waals surface area (Å²) in [7, 11) is -2.44. The van der Waals surface area contributed by atoms with Crippen molar-refractivity contribution in [3.63, 3.8) is 0 Å². The predicted molar refractivity (Wildman–Crippen MR) is 128 cm³/mol. The lowest BCUT2D eigenvalue weighted by atomic mass is 10.1. The van der Waals surface area contributed by atoms with Crippen LogP contribution in [0.5, 0.6) is 0 Å². The number of H-pyrrole nitrogens is 1. The summed E-state index contributed by atoms with van der Waals surface area (Å²) in [5.74, 6) is -1.37. The van der Waals surface area contributed by atoms with Crippen LogP contribution in [0.2, 0.25) is 0 Å². The number of carbonyl (C=O) groups excluding carboxylic acids is 1. The predicted octanol–water partition coefficient (Wildman–Crippen LogP) is 2.28. The smallest absolute Gasteiger partial charge is 0.333 e. The summed E-state index contributed by atoms with van der Waals surface area (Å²) >= 11 is 1.05. The number of benzene rings is 2. The van der Waals surface area contributed by atoms with Gasteiger partial charge in [-0.25, -0.2) is 26.9 Å². The largest absolute Gasteiger partial charge is 0.386 e. The van der Waals surface area contributed by atoms with Gasteiger partial charge in [0.15, 0.2) is 0 Å². The number of aromatic amines is 1. The lowest BCUT2D eigenvalue weighted by Crippen LogP contribution is -2.33. The van der Waals surface area contributed by atoms with Crippen LogP contribution < -0.4 is 21.3 Å². The molecule has 0 unspecified atom stereocenters. The van der Waals surface area contributed by atoms with Gasteiger partial charge < -0.3 is 10.3 Å². The van der Waals surface area contributed by atoms with Crippen molar-refractivity contribution >= 4 is 43.9 Å². The average Bonchev–Trinajstić information content (AvgIpc) is 3.22. The highest BCUT2D eigenvalue weighted by molar-refractivity contribution is 7.92. The van der Waals surface area contributed by atoms with Gasteiger partial charge in [-0.05, 0) is 48.9 Å². The van der Waals surface area contributed by atoms with Crippen molar-refractivity contribution in [2.24, 2.45) is 0 Å². The lowest BCUT2D eigenvalue weighted by molar-refractivity contribution is -0.118. The van der Waals surface area contributed by atoms with Crippen LogP contribution in [-0.4, -0.2) is 30.9 Å². The van der Waals surface area contributed by atoms with E-state index in [4.69, 9.17) is 0 Å². The number of carbonyl (C=O) groups is 1. The molecule has 2 aromatic heterocycles. The van der Waals surface area contributed by atoms with E-state index in [0.717, 1.165) is 26.8 Å². The highest BCUT2D eigenvalue weighted by atomic mass is 32.2. The molecular weight excluding hydrogens is 483 g/mol. The minimum absolute atomic E-state index is 0.00595. The maximum absolute atomic E-state index is 14.2. The number of nitrogens with zero attached hydrogens (tertiary/aromatic N) is 1. The Morgan fingerprint density at radius 2 is 1.82 bits per heavy atom. The molecule has 0 radical (unpaired) electrons. The van der Waals surface area contributed by atoms with E-state index in [0.29, 0.717) is 5.56 Å². The van der Waals surface area contributed by atoms with Crippen LogP contribution in [0.25, 0.3) is 16.6 Å². The number of thiophene rings is 1. The Morgan fingerprint density at radius 1 is 1.12 bits per heavy atom. The molecule has 4 rings (SSSR count). The quantitative estimate of drug-likeness (QED) is 0.371. The highest BCUT2D eigenvalue weighted by Gasteiger charge is 2.20. The van der Waals surface area contributed by atoms with Crippen LogP contribution in [-0.2, 0) is 21.2 Å². The van der Waals surface area contributed by atoms with Gasteiger partial charge in [0, 0.05) is 11.9 Å². The van der Waals surface area contributed by atoms with Crippen molar-refractivity contribution in [1.82, 2.24) is 14.3 Å². The second kappa shape index (κ2) is 8.88. The average molecular weight is 503 g/mol. The summed E-state index contributed by atoms with van der Waals surface area (Å²) in [4.78, 5) is 41.1. The Kier molecular flexibility index (Phi) is 6.11. The third-order valence-corrected chi connectivity index (χ3v) is 7.91. The normalized spacial score (nSPS) is 11.5. The first-order valence-corrected chi connectivity index (χ1v) is 12.3. The van der Waals surface area contributed by atoms with E-state index in [1.165, 1.54) is 43.4 Å². The summed E-state index contributed by atoms with van der Waals surface area (Å²) in [5, 5.41) is 2.64. The Labute approximate surface area is 196 Å². The van der Waals surface area contributed by atoms with Crippen LogP contribution >= 0.6 is 11.3 Å². The summed E-state index contributed by atoms with van der Waals surface area (Å²) in [6.45, 7) is 1.76. The van der Waals surface area contributed by atoms with Crippen molar-refractivity contribution in [2.75, 3.05) is 12.4 Å². The SMILES string of the molecule is CNc1cc2[nH]c(=O)n(-c3ccc(CC(=O)NS(=O)(=O)c4ccc(C)s4)cc3)c(=O)c2cc1F. The molecule has 0 spiro atoms. The topological polar surface area (TPSA) is 130 Å². The lowest BCUT2D eigenvalue weighted by Gasteiger charge is -2.10. The Hall–Kier alpha value is -3.77. The van der Waals surface area contributed by atoms with Crippen molar-refractivity contribution in [1.29, 1.82) is 0 Å². The van der Waals surface area contributed by atoms with Crippen LogP contribution in [0.3, 0.4) is 0 Å². The first kappa shape index (κ1) is 23.4. The van der Waals surface area contributed by atoms with Crippen LogP contribution in [0.1, 0.15) is 10.4 Å². The number of nitrogens with one attached hydrogen (secondary N) is 3. The molecule has 34 heavy (non-hydrogen) atoms. The van der Waals surface area contributed by atoms with E-state index < -0.39 is 33.0 Å². The van der Waals surface area contributed by atoms with Gasteiger partial charge in [0.2, 0.25) is 5.91 Å². The van der Waals surface area contributed by atoms with E-state index in [-0.39, 0.29) is 32.9 Å². The Bertz CT molecular complexity index is 1640. The molecular formula is C22H19FN4O5S2. The molecule has 9 nitrogen and oxygen atoms in total. The molecule has 0 saturated heterocycles. The fraction of sp³-hybridized carbons (Fsp3) is 0.136. The highest BCUT2D eigenvalue weighted by Crippen LogP contribution is 2.21. The number of aryl methyl sites for hydroxylation is 1. The number of hydrogen-bond acceptors (Lipinski definition) is 7. The minimum Gasteiger partial charge on any atom is -0.386 e. The Balaban J connectivity index is 1.58. The molecule has 4 aromatic rings. The standard InChI is InChI=1S/C22H19FN4O5S2/c1-12-3-8-20(33-12)34(31,32)26-19(28)9-13-4-6-14(7-5-13)27-21(29)15-10-16(23)18(24-2)11-17(15)25-22(27)30/h3-8,10-11,24H,9H2,1-2H3,(H,25,30)(H,26,28). The molecule has 2 heterocycles. The zero-order valence-corrected chi connectivity index (χ0v) is 19.6. The number of anilines is 1. The molecule has 0 aliphatic heterocycles. The number of hydrogen-bond donors (Lipinski definition) is 3. The molecule has 0 saturated carbocycles. The first-order chi connectivity index (χ1) is 16.1. The number of aromatic nitrogens is 2. The maximum atomic E-state index is 14.2. The third-order valence-electron chi connectivity index (χ3n) is 5.04. The van der Waals surface area contributed by atoms with E-state index in [1.807, 2.05) is 4.72 Å². The zero-order valence-electron chi connectivity index (χ0n) is 18.0. The van der Waals surface area contributed by atoms with E-state index in [9.17, 15) is 27.2 Å². The van der Waals surface area contributed by atoms with E-state index >= 15 is 0 Å². The van der Waals surface area contributed by atoms with Crippen molar-refractivity contribution < 1.29 is 17.6 Å². The van der Waals surface area contributed by atoms with Gasteiger partial charge in [-0.15, -0.1) is 11.3 Å². The number of fused-ring (bicyclic) bond motifs is 1. The molecule has 0 bridgehead atoms. The summed E-state index contributed by atoms with van der Waals surface area (Å²) < 4.78 is 41.7. The van der Waals surface area contributed by atoms with Crippen LogP contribution in [0.4, 0.5) is 10.1 Å². The molecule has 0 aliphatic carbocycles. The second-order valence-corrected chi connectivity index (χ2v) is 10.6. The number of amides is 1. The number of rotatable bonds is 6. The first-order valence-electron chi connectivity index (χ1n) is 9.97. The van der Waals surface area contributed by atoms with E-state index in [1.54, 1.807) is 13.0 Å². The van der Waals surface area contributed by atoms with Crippen LogP contribution in [0.15, 0.2) is 62.3 Å². The molecule has 1 amide bonds. The fourth-order valence-corrected chi connectivity index (χ4v) is 5.67. The molecule has 2 aromatic carbocycles. The summed E-state index contributed by atoms with van der Waals surface area (Å²) in [6.07, 6.45) is -0.231. The van der Waals surface area contributed by atoms with Crippen molar-refractivity contribution in [3.05, 3.63) is 85.6 Å². The van der Waals surface area contributed by atoms with Crippen molar-refractivity contribution in [3.8, 4) is 5.69 Å². The van der Waals surface area contributed by atoms with Gasteiger partial charge in [0.1, 0.15) is 10.0 Å². The van der Waals surface area contributed by atoms with Gasteiger partial charge in [-0.3, -0.25) is 9.59 Å². The van der Waals surface area contributed by atoms with Crippen LogP contribution in [0, 0.1) is 12.7 Å². The van der Waals surface area contributed by atoms with Gasteiger partial charge in [0.05, 0.1) is 28.7 Å². The monoisotopic (exact) mass is 502 g/mol. The second-order valence-electron chi connectivity index (χ2n) is 7.44. The fourth-order valence-electron chi connectivity index (χ4n) is 3.40.